The van der Waals surface area contributed by atoms with Crippen LogP contribution in [-0.2, 0) is 6.54 Å². The first kappa shape index (κ1) is 16.4. The number of halogens is 2. The van der Waals surface area contributed by atoms with Gasteiger partial charge < -0.3 is 0 Å². The molecule has 0 saturated carbocycles. The molecule has 1 heterocycles. The number of aromatic amines is 1. The molecule has 112 valence electrons. The number of hydrogen-bond acceptors (Lipinski definition) is 3. The van der Waals surface area contributed by atoms with E-state index in [1.54, 1.807) is 23.9 Å². The van der Waals surface area contributed by atoms with Crippen molar-refractivity contribution in [1.29, 1.82) is 0 Å². The van der Waals surface area contributed by atoms with E-state index < -0.39 is 5.69 Å². The van der Waals surface area contributed by atoms with Crippen molar-refractivity contribution in [3.05, 3.63) is 54.7 Å². The lowest BCUT2D eigenvalue weighted by molar-refractivity contribution is 0.620. The van der Waals surface area contributed by atoms with Gasteiger partial charge in [-0.25, -0.2) is 4.79 Å². The second-order valence-electron chi connectivity index (χ2n) is 4.43. The third kappa shape index (κ3) is 3.81. The molecule has 0 amide bonds. The Balaban J connectivity index is 2.51. The van der Waals surface area contributed by atoms with Crippen LogP contribution in [0.4, 0.5) is 0 Å². The molecule has 2 rings (SSSR count). The molecule has 0 aliphatic carbocycles. The highest BCUT2D eigenvalue weighted by atomic mass is 79.9. The predicted octanol–water partition coefficient (Wildman–Crippen LogP) is 3.37. The molecule has 0 radical (unpaired) electrons. The maximum atomic E-state index is 12.5. The Morgan fingerprint density at radius 2 is 1.95 bits per heavy atom. The van der Waals surface area contributed by atoms with E-state index in [1.807, 2.05) is 18.4 Å². The van der Waals surface area contributed by atoms with Crippen LogP contribution in [0.15, 0.2) is 38.3 Å². The SMILES string of the molecule is CSCCCn1c(=O)[nH]c(Cl)c(-c2ccc(Br)cc2)c1=O. The fraction of sp³-hybridized carbons (Fsp3) is 0.286. The van der Waals surface area contributed by atoms with Crippen molar-refractivity contribution in [3.8, 4) is 11.1 Å². The molecule has 1 aromatic heterocycles. The van der Waals surface area contributed by atoms with Gasteiger partial charge in [0.05, 0.1) is 5.56 Å². The van der Waals surface area contributed by atoms with Gasteiger partial charge in [-0.1, -0.05) is 39.7 Å². The number of nitrogens with zero attached hydrogens (tertiary/aromatic N) is 1. The average Bonchev–Trinajstić information content (AvgIpc) is 2.44. The van der Waals surface area contributed by atoms with Crippen LogP contribution in [0, 0.1) is 0 Å². The van der Waals surface area contributed by atoms with Crippen LogP contribution in [-0.4, -0.2) is 21.6 Å². The van der Waals surface area contributed by atoms with E-state index in [4.69, 9.17) is 11.6 Å². The summed E-state index contributed by atoms with van der Waals surface area (Å²) in [5.74, 6) is 0.891. The van der Waals surface area contributed by atoms with Gasteiger partial charge in [-0.2, -0.15) is 11.8 Å². The largest absolute Gasteiger partial charge is 0.329 e. The summed E-state index contributed by atoms with van der Waals surface area (Å²) in [6.45, 7) is 0.385. The summed E-state index contributed by atoms with van der Waals surface area (Å²) in [6.07, 6.45) is 2.74. The van der Waals surface area contributed by atoms with Crippen LogP contribution in [0.1, 0.15) is 6.42 Å². The second kappa shape index (κ2) is 7.33. The molecule has 7 heteroatoms. The van der Waals surface area contributed by atoms with Crippen LogP contribution >= 0.6 is 39.3 Å². The van der Waals surface area contributed by atoms with Gasteiger partial charge in [0.25, 0.3) is 5.56 Å². The monoisotopic (exact) mass is 388 g/mol. The minimum atomic E-state index is -0.466. The molecular weight excluding hydrogens is 376 g/mol. The molecule has 0 saturated heterocycles. The van der Waals surface area contributed by atoms with Gasteiger partial charge in [0.2, 0.25) is 0 Å². The summed E-state index contributed by atoms with van der Waals surface area (Å²) in [7, 11) is 0. The number of H-pyrrole nitrogens is 1. The van der Waals surface area contributed by atoms with Crippen LogP contribution in [0.2, 0.25) is 5.15 Å². The number of thioether (sulfide) groups is 1. The van der Waals surface area contributed by atoms with Gasteiger partial charge in [-0.15, -0.1) is 0 Å². The maximum Gasteiger partial charge on any atom is 0.329 e. The van der Waals surface area contributed by atoms with Crippen molar-refractivity contribution in [3.63, 3.8) is 0 Å². The Hall–Kier alpha value is -0.980. The number of rotatable bonds is 5. The predicted molar refractivity (Wildman–Crippen MR) is 92.5 cm³/mol. The van der Waals surface area contributed by atoms with Gasteiger partial charge in [0.15, 0.2) is 0 Å². The molecule has 0 unspecified atom stereocenters. The lowest BCUT2D eigenvalue weighted by Gasteiger charge is -2.09. The van der Waals surface area contributed by atoms with E-state index in [0.29, 0.717) is 17.7 Å². The number of benzene rings is 1. The van der Waals surface area contributed by atoms with Crippen LogP contribution < -0.4 is 11.2 Å². The van der Waals surface area contributed by atoms with E-state index in [9.17, 15) is 9.59 Å². The third-order valence-corrected chi connectivity index (χ3v) is 4.51. The molecule has 0 bridgehead atoms. The Morgan fingerprint density at radius 3 is 2.57 bits per heavy atom. The minimum absolute atomic E-state index is 0.0773. The summed E-state index contributed by atoms with van der Waals surface area (Å²) in [6, 6.07) is 7.23. The Labute approximate surface area is 139 Å². The zero-order valence-electron chi connectivity index (χ0n) is 11.4. The highest BCUT2D eigenvalue weighted by Gasteiger charge is 2.14. The number of nitrogens with one attached hydrogen (secondary N) is 1. The van der Waals surface area contributed by atoms with Gasteiger partial charge >= 0.3 is 5.69 Å². The van der Waals surface area contributed by atoms with Crippen molar-refractivity contribution in [2.45, 2.75) is 13.0 Å². The zero-order chi connectivity index (χ0) is 15.4. The fourth-order valence-corrected chi connectivity index (χ4v) is 2.93. The quantitative estimate of drug-likeness (QED) is 0.630. The van der Waals surface area contributed by atoms with Crippen molar-refractivity contribution < 1.29 is 0 Å². The second-order valence-corrected chi connectivity index (χ2v) is 6.71. The first-order chi connectivity index (χ1) is 10.0. The molecule has 21 heavy (non-hydrogen) atoms. The van der Waals surface area contributed by atoms with Crippen LogP contribution in [0.3, 0.4) is 0 Å². The van der Waals surface area contributed by atoms with E-state index in [2.05, 4.69) is 20.9 Å². The highest BCUT2D eigenvalue weighted by molar-refractivity contribution is 9.10. The van der Waals surface area contributed by atoms with Gasteiger partial charge in [0.1, 0.15) is 5.15 Å². The van der Waals surface area contributed by atoms with Crippen molar-refractivity contribution in [2.75, 3.05) is 12.0 Å². The lowest BCUT2D eigenvalue weighted by atomic mass is 10.1. The lowest BCUT2D eigenvalue weighted by Crippen LogP contribution is -2.36. The highest BCUT2D eigenvalue weighted by Crippen LogP contribution is 2.23. The first-order valence-electron chi connectivity index (χ1n) is 6.32. The summed E-state index contributed by atoms with van der Waals surface area (Å²) in [5, 5.41) is 0.0773. The van der Waals surface area contributed by atoms with Crippen LogP contribution in [0.5, 0.6) is 0 Å². The molecule has 2 aromatic rings. The maximum absolute atomic E-state index is 12.5. The molecule has 0 spiro atoms. The molecule has 1 N–H and O–H groups in total. The van der Waals surface area contributed by atoms with Crippen molar-refractivity contribution in [2.24, 2.45) is 0 Å². The first-order valence-corrected chi connectivity index (χ1v) is 8.88. The van der Waals surface area contributed by atoms with Gasteiger partial charge in [-0.3, -0.25) is 14.3 Å². The molecule has 0 aliphatic heterocycles. The Morgan fingerprint density at radius 1 is 1.29 bits per heavy atom. The van der Waals surface area contributed by atoms with Gasteiger partial charge in [-0.05, 0) is 36.1 Å². The molecule has 0 aliphatic rings. The molecule has 0 atom stereocenters. The summed E-state index contributed by atoms with van der Waals surface area (Å²) in [5.41, 5.74) is 0.190. The normalized spacial score (nSPS) is 10.8. The van der Waals surface area contributed by atoms with Crippen molar-refractivity contribution in [1.82, 2.24) is 9.55 Å². The summed E-state index contributed by atoms with van der Waals surface area (Å²) < 4.78 is 2.12. The van der Waals surface area contributed by atoms with E-state index in [1.165, 1.54) is 4.57 Å². The van der Waals surface area contributed by atoms with E-state index in [0.717, 1.165) is 16.6 Å². The van der Waals surface area contributed by atoms with Crippen molar-refractivity contribution >= 4 is 39.3 Å². The van der Waals surface area contributed by atoms with Crippen LogP contribution in [0.25, 0.3) is 11.1 Å². The molecular formula is C14H14BrClN2O2S. The summed E-state index contributed by atoms with van der Waals surface area (Å²) >= 11 is 11.1. The smallest absolute Gasteiger partial charge is 0.297 e. The fourth-order valence-electron chi connectivity index (χ4n) is 1.98. The standard InChI is InChI=1S/C14H14BrClN2O2S/c1-21-8-2-7-18-13(19)11(12(16)17-14(18)20)9-3-5-10(15)6-4-9/h3-6H,2,7-8H2,1H3,(H,17,20). The third-order valence-electron chi connectivity index (χ3n) is 3.00. The molecule has 4 nitrogen and oxygen atoms in total. The molecule has 1 aromatic carbocycles. The Bertz CT molecular complexity index is 740. The number of hydrogen-bond donors (Lipinski definition) is 1. The van der Waals surface area contributed by atoms with E-state index >= 15 is 0 Å². The topological polar surface area (TPSA) is 54.9 Å². The summed E-state index contributed by atoms with van der Waals surface area (Å²) in [4.78, 5) is 27.0. The zero-order valence-corrected chi connectivity index (χ0v) is 14.5. The minimum Gasteiger partial charge on any atom is -0.297 e. The average molecular weight is 390 g/mol. The van der Waals surface area contributed by atoms with Gasteiger partial charge in [0, 0.05) is 11.0 Å². The Kier molecular flexibility index (Phi) is 5.72. The van der Waals surface area contributed by atoms with E-state index in [-0.39, 0.29) is 10.7 Å². The number of aromatic nitrogens is 2. The molecule has 0 fully saturated rings.